The van der Waals surface area contributed by atoms with Crippen molar-refractivity contribution in [2.75, 3.05) is 17.1 Å². The van der Waals surface area contributed by atoms with Gasteiger partial charge in [0.15, 0.2) is 0 Å². The van der Waals surface area contributed by atoms with Crippen LogP contribution in [-0.2, 0) is 21.4 Å². The highest BCUT2D eigenvalue weighted by Gasteiger charge is 2.23. The molecule has 0 radical (unpaired) electrons. The second-order valence-corrected chi connectivity index (χ2v) is 7.78. The smallest absolute Gasteiger partial charge is 0.246 e. The molecule has 0 aliphatic rings. The molecule has 0 atom stereocenters. The molecule has 1 amide bonds. The van der Waals surface area contributed by atoms with E-state index < -0.39 is 28.3 Å². The molecule has 0 unspecified atom stereocenters. The first-order chi connectivity index (χ1) is 13.3. The molecule has 0 aliphatic carbocycles. The van der Waals surface area contributed by atoms with E-state index in [-0.39, 0.29) is 18.1 Å². The number of hydrogen-bond donors (Lipinski definition) is 1. The first kappa shape index (κ1) is 19.5. The minimum Gasteiger partial charge on any atom is -0.345 e. The number of carbonyl (C=O) groups excluding carboxylic acids is 1. The maximum absolute atomic E-state index is 14.0. The zero-order valence-corrected chi connectivity index (χ0v) is 15.7. The Morgan fingerprint density at radius 2 is 1.82 bits per heavy atom. The lowest BCUT2D eigenvalue weighted by Gasteiger charge is -2.22. The number of nitrogens with zero attached hydrogens (tertiary/aromatic N) is 3. The van der Waals surface area contributed by atoms with E-state index in [1.807, 2.05) is 30.3 Å². The zero-order chi connectivity index (χ0) is 20.1. The van der Waals surface area contributed by atoms with E-state index in [1.165, 1.54) is 18.2 Å². The van der Waals surface area contributed by atoms with Crippen LogP contribution in [0.2, 0.25) is 0 Å². The lowest BCUT2D eigenvalue weighted by atomic mass is 10.2. The highest BCUT2D eigenvalue weighted by molar-refractivity contribution is 7.92. The van der Waals surface area contributed by atoms with Crippen LogP contribution in [0.15, 0.2) is 59.1 Å². The van der Waals surface area contributed by atoms with Gasteiger partial charge in [0.2, 0.25) is 27.6 Å². The number of para-hydroxylation sites is 1. The van der Waals surface area contributed by atoms with Crippen molar-refractivity contribution in [3.05, 3.63) is 66.3 Å². The first-order valence-corrected chi connectivity index (χ1v) is 10.1. The van der Waals surface area contributed by atoms with Crippen molar-refractivity contribution in [3.8, 4) is 11.4 Å². The van der Waals surface area contributed by atoms with Crippen LogP contribution >= 0.6 is 0 Å². The number of hydrogen-bond acceptors (Lipinski definition) is 6. The Morgan fingerprint density at radius 3 is 2.50 bits per heavy atom. The minimum absolute atomic E-state index is 0.0897. The normalized spacial score (nSPS) is 11.2. The van der Waals surface area contributed by atoms with Crippen molar-refractivity contribution < 1.29 is 22.1 Å². The average molecular weight is 404 g/mol. The Kier molecular flexibility index (Phi) is 5.69. The van der Waals surface area contributed by atoms with Crippen LogP contribution in [0.25, 0.3) is 11.4 Å². The van der Waals surface area contributed by atoms with Crippen molar-refractivity contribution in [2.24, 2.45) is 0 Å². The minimum atomic E-state index is -3.87. The molecule has 3 rings (SSSR count). The van der Waals surface area contributed by atoms with Crippen LogP contribution in [0, 0.1) is 5.82 Å². The lowest BCUT2D eigenvalue weighted by Crippen LogP contribution is -2.40. The largest absolute Gasteiger partial charge is 0.345 e. The maximum atomic E-state index is 14.0. The quantitative estimate of drug-likeness (QED) is 0.645. The van der Waals surface area contributed by atoms with E-state index in [2.05, 4.69) is 15.5 Å². The van der Waals surface area contributed by atoms with Gasteiger partial charge in [-0.05, 0) is 12.1 Å². The van der Waals surface area contributed by atoms with Gasteiger partial charge in [0.25, 0.3) is 0 Å². The summed E-state index contributed by atoms with van der Waals surface area (Å²) in [6.07, 6.45) is 0.900. The van der Waals surface area contributed by atoms with Crippen LogP contribution in [0.4, 0.5) is 10.1 Å². The van der Waals surface area contributed by atoms with E-state index in [0.717, 1.165) is 17.9 Å². The highest BCUT2D eigenvalue weighted by Crippen LogP contribution is 2.21. The summed E-state index contributed by atoms with van der Waals surface area (Å²) in [6.45, 7) is -0.674. The van der Waals surface area contributed by atoms with Gasteiger partial charge in [0.1, 0.15) is 12.4 Å². The first-order valence-electron chi connectivity index (χ1n) is 8.21. The fourth-order valence-corrected chi connectivity index (χ4v) is 3.28. The summed E-state index contributed by atoms with van der Waals surface area (Å²) in [4.78, 5) is 16.4. The van der Waals surface area contributed by atoms with Crippen molar-refractivity contribution in [3.63, 3.8) is 0 Å². The van der Waals surface area contributed by atoms with Crippen LogP contribution in [0.1, 0.15) is 5.89 Å². The monoisotopic (exact) mass is 404 g/mol. The SMILES string of the molecule is CS(=O)(=O)N(CC(=O)NCc1nc(-c2ccccc2)no1)c1ccccc1F. The van der Waals surface area contributed by atoms with E-state index in [9.17, 15) is 17.6 Å². The molecule has 0 aliphatic heterocycles. The molecule has 10 heteroatoms. The number of nitrogens with one attached hydrogen (secondary N) is 1. The van der Waals surface area contributed by atoms with Crippen molar-refractivity contribution >= 4 is 21.6 Å². The average Bonchev–Trinajstić information content (AvgIpc) is 3.14. The molecule has 0 spiro atoms. The highest BCUT2D eigenvalue weighted by atomic mass is 32.2. The van der Waals surface area contributed by atoms with Crippen molar-refractivity contribution in [2.45, 2.75) is 6.54 Å². The molecular weight excluding hydrogens is 387 g/mol. The Morgan fingerprint density at radius 1 is 1.14 bits per heavy atom. The van der Waals surface area contributed by atoms with Gasteiger partial charge in [0.05, 0.1) is 18.5 Å². The Labute approximate surface area is 161 Å². The summed E-state index contributed by atoms with van der Waals surface area (Å²) in [5.41, 5.74) is 0.552. The molecule has 8 nitrogen and oxygen atoms in total. The van der Waals surface area contributed by atoms with Crippen molar-refractivity contribution in [1.82, 2.24) is 15.5 Å². The number of sulfonamides is 1. The third kappa shape index (κ3) is 4.71. The van der Waals surface area contributed by atoms with Crippen LogP contribution < -0.4 is 9.62 Å². The Hall–Kier alpha value is -3.27. The second-order valence-electron chi connectivity index (χ2n) is 5.88. The van der Waals surface area contributed by atoms with Gasteiger partial charge >= 0.3 is 0 Å². The topological polar surface area (TPSA) is 105 Å². The van der Waals surface area contributed by atoms with Gasteiger partial charge in [-0.15, -0.1) is 0 Å². The van der Waals surface area contributed by atoms with E-state index in [4.69, 9.17) is 4.52 Å². The lowest BCUT2D eigenvalue weighted by molar-refractivity contribution is -0.119. The molecule has 0 fully saturated rings. The van der Waals surface area contributed by atoms with Gasteiger partial charge in [0, 0.05) is 5.56 Å². The van der Waals surface area contributed by atoms with Gasteiger partial charge < -0.3 is 9.84 Å². The molecule has 0 bridgehead atoms. The number of anilines is 1. The molecule has 146 valence electrons. The number of benzene rings is 2. The molecule has 3 aromatic rings. The summed E-state index contributed by atoms with van der Waals surface area (Å²) in [5.74, 6) is -0.865. The van der Waals surface area contributed by atoms with E-state index in [0.29, 0.717) is 10.1 Å². The van der Waals surface area contributed by atoms with Gasteiger partial charge in [-0.1, -0.05) is 47.6 Å². The van der Waals surface area contributed by atoms with Crippen LogP contribution in [0.3, 0.4) is 0 Å². The van der Waals surface area contributed by atoms with E-state index >= 15 is 0 Å². The molecular formula is C18H17FN4O4S. The molecule has 1 N–H and O–H groups in total. The van der Waals surface area contributed by atoms with Gasteiger partial charge in [-0.2, -0.15) is 4.98 Å². The predicted molar refractivity (Wildman–Crippen MR) is 100 cm³/mol. The third-order valence-electron chi connectivity index (χ3n) is 3.75. The second kappa shape index (κ2) is 8.17. The standard InChI is InChI=1S/C18H17FN4O4S/c1-28(25,26)23(15-10-6-5-9-14(15)19)12-16(24)20-11-17-21-18(22-27-17)13-7-3-2-4-8-13/h2-10H,11-12H2,1H3,(H,20,24). The molecule has 2 aromatic carbocycles. The fraction of sp³-hybridized carbons (Fsp3) is 0.167. The fourth-order valence-electron chi connectivity index (χ4n) is 2.43. The summed E-state index contributed by atoms with van der Waals surface area (Å²) in [7, 11) is -3.87. The van der Waals surface area contributed by atoms with Gasteiger partial charge in [-0.25, -0.2) is 12.8 Å². The van der Waals surface area contributed by atoms with E-state index in [1.54, 1.807) is 0 Å². The maximum Gasteiger partial charge on any atom is 0.246 e. The number of carbonyl (C=O) groups is 1. The van der Waals surface area contributed by atoms with Crippen molar-refractivity contribution in [1.29, 1.82) is 0 Å². The third-order valence-corrected chi connectivity index (χ3v) is 4.87. The Balaban J connectivity index is 1.66. The zero-order valence-electron chi connectivity index (χ0n) is 14.9. The summed E-state index contributed by atoms with van der Waals surface area (Å²) in [6, 6.07) is 14.5. The molecule has 0 saturated carbocycles. The number of rotatable bonds is 7. The number of aromatic nitrogens is 2. The molecule has 0 saturated heterocycles. The predicted octanol–water partition coefficient (Wildman–Crippen LogP) is 1.96. The molecule has 28 heavy (non-hydrogen) atoms. The summed E-state index contributed by atoms with van der Waals surface area (Å²) in [5, 5.41) is 6.32. The number of halogens is 1. The summed E-state index contributed by atoms with van der Waals surface area (Å²) >= 11 is 0. The van der Waals surface area contributed by atoms with Gasteiger partial charge in [-0.3, -0.25) is 9.10 Å². The Bertz CT molecular complexity index is 1070. The molecule has 1 heterocycles. The summed E-state index contributed by atoms with van der Waals surface area (Å²) < 4.78 is 43.7. The van der Waals surface area contributed by atoms with Crippen LogP contribution in [0.5, 0.6) is 0 Å². The van der Waals surface area contributed by atoms with Crippen LogP contribution in [-0.4, -0.2) is 37.3 Å². The number of amides is 1. The molecule has 1 aromatic heterocycles.